The number of halogens is 1. The summed E-state index contributed by atoms with van der Waals surface area (Å²) in [6, 6.07) is 6.97. The van der Waals surface area contributed by atoms with E-state index in [1.54, 1.807) is 24.0 Å². The van der Waals surface area contributed by atoms with E-state index in [0.29, 0.717) is 17.3 Å². The van der Waals surface area contributed by atoms with Crippen molar-refractivity contribution >= 4 is 35.2 Å². The third-order valence-corrected chi connectivity index (χ3v) is 4.09. The fourth-order valence-corrected chi connectivity index (χ4v) is 2.77. The molecule has 1 atom stereocenters. The van der Waals surface area contributed by atoms with Crippen molar-refractivity contribution in [3.8, 4) is 0 Å². The molecule has 1 rings (SSSR count). The Kier molecular flexibility index (Phi) is 6.88. The molecule has 0 aromatic heterocycles. The smallest absolute Gasteiger partial charge is 0.305 e. The number of amides is 1. The number of carbonyl (C=O) groups is 2. The first-order valence-corrected chi connectivity index (χ1v) is 7.70. The molecule has 4 nitrogen and oxygen atoms in total. The average Bonchev–Trinajstić information content (AvgIpc) is 2.38. The molecule has 0 saturated carbocycles. The van der Waals surface area contributed by atoms with Gasteiger partial charge in [-0.3, -0.25) is 9.59 Å². The number of carboxylic acids is 1. The van der Waals surface area contributed by atoms with Gasteiger partial charge in [-0.1, -0.05) is 11.6 Å². The highest BCUT2D eigenvalue weighted by Gasteiger charge is 2.20. The average molecular weight is 316 g/mol. The van der Waals surface area contributed by atoms with Gasteiger partial charge in [-0.2, -0.15) is 0 Å². The van der Waals surface area contributed by atoms with E-state index in [1.807, 2.05) is 19.1 Å². The molecule has 0 aliphatic heterocycles. The second-order valence-electron chi connectivity index (χ2n) is 4.37. The minimum Gasteiger partial charge on any atom is -0.481 e. The van der Waals surface area contributed by atoms with E-state index < -0.39 is 5.97 Å². The number of aliphatic carboxylic acids is 1. The number of benzene rings is 1. The van der Waals surface area contributed by atoms with Crippen LogP contribution in [0.15, 0.2) is 29.2 Å². The standard InChI is InChI=1S/C14H18ClNO3S/c1-3-16(10(2)8-14(18)19)13(17)9-20-12-6-4-11(15)5-7-12/h4-7,10H,3,8-9H2,1-2H3,(H,18,19). The van der Waals surface area contributed by atoms with E-state index in [-0.39, 0.29) is 18.4 Å². The summed E-state index contributed by atoms with van der Waals surface area (Å²) in [5, 5.41) is 9.45. The Morgan fingerprint density at radius 1 is 1.35 bits per heavy atom. The van der Waals surface area contributed by atoms with Crippen LogP contribution >= 0.6 is 23.4 Å². The Morgan fingerprint density at radius 3 is 2.45 bits per heavy atom. The van der Waals surface area contributed by atoms with Gasteiger partial charge in [-0.05, 0) is 38.1 Å². The summed E-state index contributed by atoms with van der Waals surface area (Å²) < 4.78 is 0. The van der Waals surface area contributed by atoms with Crippen LogP contribution in [0.3, 0.4) is 0 Å². The third-order valence-electron chi connectivity index (χ3n) is 2.84. The molecule has 110 valence electrons. The Bertz CT molecular complexity index is 464. The lowest BCUT2D eigenvalue weighted by molar-refractivity contribution is -0.139. The number of nitrogens with zero attached hydrogens (tertiary/aromatic N) is 1. The van der Waals surface area contributed by atoms with Crippen LogP contribution in [0.4, 0.5) is 0 Å². The van der Waals surface area contributed by atoms with Gasteiger partial charge < -0.3 is 10.0 Å². The number of carbonyl (C=O) groups excluding carboxylic acids is 1. The largest absolute Gasteiger partial charge is 0.481 e. The van der Waals surface area contributed by atoms with Crippen molar-refractivity contribution in [2.45, 2.75) is 31.2 Å². The quantitative estimate of drug-likeness (QED) is 0.785. The highest BCUT2D eigenvalue weighted by molar-refractivity contribution is 8.00. The van der Waals surface area contributed by atoms with E-state index in [0.717, 1.165) is 4.90 Å². The molecule has 0 fully saturated rings. The molecule has 0 heterocycles. The van der Waals surface area contributed by atoms with Gasteiger partial charge in [0.25, 0.3) is 0 Å². The number of carboxylic acid groups (broad SMARTS) is 1. The van der Waals surface area contributed by atoms with Crippen LogP contribution < -0.4 is 0 Å². The van der Waals surface area contributed by atoms with Crippen LogP contribution in [-0.4, -0.2) is 40.2 Å². The molecule has 6 heteroatoms. The molecule has 1 unspecified atom stereocenters. The highest BCUT2D eigenvalue weighted by Crippen LogP contribution is 2.21. The number of thioether (sulfide) groups is 1. The van der Waals surface area contributed by atoms with Crippen LogP contribution in [0.1, 0.15) is 20.3 Å². The predicted molar refractivity (Wildman–Crippen MR) is 81.3 cm³/mol. The Labute approximate surface area is 128 Å². The summed E-state index contributed by atoms with van der Waals surface area (Å²) in [5.74, 6) is -0.658. The lowest BCUT2D eigenvalue weighted by Gasteiger charge is -2.26. The van der Waals surface area contributed by atoms with Gasteiger partial charge in [0.1, 0.15) is 0 Å². The molecular weight excluding hydrogens is 298 g/mol. The molecule has 0 saturated heterocycles. The SMILES string of the molecule is CCN(C(=O)CSc1ccc(Cl)cc1)C(C)CC(=O)O. The Hall–Kier alpha value is -1.20. The van der Waals surface area contributed by atoms with Crippen LogP contribution in [-0.2, 0) is 9.59 Å². The highest BCUT2D eigenvalue weighted by atomic mass is 35.5. The van der Waals surface area contributed by atoms with Crippen molar-refractivity contribution in [2.24, 2.45) is 0 Å². The first kappa shape index (κ1) is 16.9. The molecule has 0 bridgehead atoms. The van der Waals surface area contributed by atoms with Gasteiger partial charge in [0, 0.05) is 22.5 Å². The van der Waals surface area contributed by atoms with Crippen molar-refractivity contribution < 1.29 is 14.7 Å². The number of rotatable bonds is 7. The molecule has 20 heavy (non-hydrogen) atoms. The summed E-state index contributed by atoms with van der Waals surface area (Å²) in [6.07, 6.45) is -0.0365. The third kappa shape index (κ3) is 5.43. The maximum atomic E-state index is 12.1. The van der Waals surface area contributed by atoms with E-state index in [1.165, 1.54) is 11.8 Å². The molecule has 1 aromatic carbocycles. The van der Waals surface area contributed by atoms with Crippen molar-refractivity contribution in [1.82, 2.24) is 4.90 Å². The molecule has 1 N–H and O–H groups in total. The lowest BCUT2D eigenvalue weighted by atomic mass is 10.2. The first-order chi connectivity index (χ1) is 9.43. The number of hydrogen-bond acceptors (Lipinski definition) is 3. The second-order valence-corrected chi connectivity index (χ2v) is 5.85. The zero-order valence-electron chi connectivity index (χ0n) is 11.5. The van der Waals surface area contributed by atoms with Gasteiger partial charge in [0.05, 0.1) is 12.2 Å². The second kappa shape index (κ2) is 8.17. The molecular formula is C14H18ClNO3S. The lowest BCUT2D eigenvalue weighted by Crippen LogP contribution is -2.40. The monoisotopic (exact) mass is 315 g/mol. The van der Waals surface area contributed by atoms with Gasteiger partial charge in [-0.25, -0.2) is 0 Å². The summed E-state index contributed by atoms with van der Waals surface area (Å²) in [7, 11) is 0. The predicted octanol–water partition coefficient (Wildman–Crippen LogP) is 3.14. The maximum Gasteiger partial charge on any atom is 0.305 e. The van der Waals surface area contributed by atoms with Crippen molar-refractivity contribution in [3.05, 3.63) is 29.3 Å². The molecule has 0 aliphatic rings. The molecule has 1 aromatic rings. The van der Waals surface area contributed by atoms with Crippen LogP contribution in [0.5, 0.6) is 0 Å². The van der Waals surface area contributed by atoms with E-state index in [9.17, 15) is 9.59 Å². The molecule has 0 spiro atoms. The minimum absolute atomic E-state index is 0.0365. The topological polar surface area (TPSA) is 57.6 Å². The minimum atomic E-state index is -0.894. The first-order valence-electron chi connectivity index (χ1n) is 6.33. The van der Waals surface area contributed by atoms with Gasteiger partial charge >= 0.3 is 5.97 Å². The van der Waals surface area contributed by atoms with Gasteiger partial charge in [0.15, 0.2) is 0 Å². The maximum absolute atomic E-state index is 12.1. The van der Waals surface area contributed by atoms with Gasteiger partial charge in [-0.15, -0.1) is 11.8 Å². The van der Waals surface area contributed by atoms with E-state index >= 15 is 0 Å². The van der Waals surface area contributed by atoms with Crippen LogP contribution in [0.25, 0.3) is 0 Å². The van der Waals surface area contributed by atoms with E-state index in [2.05, 4.69) is 0 Å². The Balaban J connectivity index is 2.54. The van der Waals surface area contributed by atoms with Crippen molar-refractivity contribution in [3.63, 3.8) is 0 Å². The summed E-state index contributed by atoms with van der Waals surface area (Å²) >= 11 is 7.22. The zero-order valence-corrected chi connectivity index (χ0v) is 13.1. The van der Waals surface area contributed by atoms with Crippen LogP contribution in [0, 0.1) is 0 Å². The zero-order chi connectivity index (χ0) is 15.1. The fraction of sp³-hybridized carbons (Fsp3) is 0.429. The summed E-state index contributed by atoms with van der Waals surface area (Å²) in [6.45, 7) is 4.11. The van der Waals surface area contributed by atoms with Crippen LogP contribution in [0.2, 0.25) is 5.02 Å². The van der Waals surface area contributed by atoms with Crippen molar-refractivity contribution in [2.75, 3.05) is 12.3 Å². The summed E-state index contributed by atoms with van der Waals surface area (Å²) in [4.78, 5) is 25.4. The normalized spacial score (nSPS) is 11.9. The molecule has 0 radical (unpaired) electrons. The van der Waals surface area contributed by atoms with Gasteiger partial charge in [0.2, 0.25) is 5.91 Å². The molecule has 1 amide bonds. The van der Waals surface area contributed by atoms with Crippen molar-refractivity contribution in [1.29, 1.82) is 0 Å². The molecule has 0 aliphatic carbocycles. The fourth-order valence-electron chi connectivity index (χ4n) is 1.86. The Morgan fingerprint density at radius 2 is 1.95 bits per heavy atom. The van der Waals surface area contributed by atoms with E-state index in [4.69, 9.17) is 16.7 Å². The summed E-state index contributed by atoms with van der Waals surface area (Å²) in [5.41, 5.74) is 0. The number of hydrogen-bond donors (Lipinski definition) is 1.